The van der Waals surface area contributed by atoms with Gasteiger partial charge in [-0.3, -0.25) is 20.2 Å². The molecule has 6 heteroatoms. The van der Waals surface area contributed by atoms with Gasteiger partial charge < -0.3 is 0 Å². The Balaban J connectivity index is 2.22. The summed E-state index contributed by atoms with van der Waals surface area (Å²) in [7, 11) is 0. The van der Waals surface area contributed by atoms with Crippen molar-refractivity contribution < 1.29 is 9.85 Å². The smallest absolute Gasteiger partial charge is 0.258 e. The van der Waals surface area contributed by atoms with Crippen LogP contribution in [0.1, 0.15) is 11.1 Å². The number of aryl methyl sites for hydroxylation is 2. The van der Waals surface area contributed by atoms with Crippen LogP contribution >= 0.6 is 0 Å². The van der Waals surface area contributed by atoms with Crippen molar-refractivity contribution in [2.45, 2.75) is 12.8 Å². The van der Waals surface area contributed by atoms with Crippen LogP contribution in [0.2, 0.25) is 0 Å². The molecule has 0 saturated heterocycles. The van der Waals surface area contributed by atoms with E-state index in [0.717, 1.165) is 0 Å². The molecule has 0 unspecified atom stereocenters. The van der Waals surface area contributed by atoms with Crippen molar-refractivity contribution in [3.05, 3.63) is 79.9 Å². The molecule has 102 valence electrons. The zero-order valence-corrected chi connectivity index (χ0v) is 10.6. The van der Waals surface area contributed by atoms with Crippen molar-refractivity contribution in [3.63, 3.8) is 0 Å². The molecule has 0 aliphatic heterocycles. The second kappa shape index (κ2) is 5.92. The van der Waals surface area contributed by atoms with Gasteiger partial charge in [0, 0.05) is 23.3 Å². The molecule has 0 saturated carbocycles. The van der Waals surface area contributed by atoms with E-state index in [0.29, 0.717) is 24.0 Å². The molecule has 6 nitrogen and oxygen atoms in total. The van der Waals surface area contributed by atoms with Crippen LogP contribution in [0.15, 0.2) is 48.5 Å². The van der Waals surface area contributed by atoms with Crippen LogP contribution in [-0.2, 0) is 12.8 Å². The number of hydrogen-bond donors (Lipinski definition) is 0. The highest BCUT2D eigenvalue weighted by Gasteiger charge is 2.15. The van der Waals surface area contributed by atoms with E-state index >= 15 is 0 Å². The molecule has 20 heavy (non-hydrogen) atoms. The number of hydrogen-bond acceptors (Lipinski definition) is 4. The summed E-state index contributed by atoms with van der Waals surface area (Å²) in [4.78, 5) is 20.9. The van der Waals surface area contributed by atoms with Gasteiger partial charge in [0.25, 0.3) is 11.4 Å². The van der Waals surface area contributed by atoms with Gasteiger partial charge in [-0.15, -0.1) is 0 Å². The Morgan fingerprint density at radius 1 is 0.700 bits per heavy atom. The standard InChI is InChI=1S/C14H12N2O4/c17-15(18)13-7-3-1-5-11(13)9-10-12-6-2-4-8-14(12)16(19)20/h1-8H,9-10H2. The van der Waals surface area contributed by atoms with Crippen LogP contribution < -0.4 is 0 Å². The molecule has 0 aliphatic rings. The van der Waals surface area contributed by atoms with Gasteiger partial charge in [-0.25, -0.2) is 0 Å². The Bertz CT molecular complexity index is 598. The number of nitro benzene ring substituents is 2. The molecule has 0 heterocycles. The SMILES string of the molecule is O=[N+]([O-])c1ccccc1CCc1ccccc1[N+](=O)[O-]. The van der Waals surface area contributed by atoms with Crippen molar-refractivity contribution in [1.82, 2.24) is 0 Å². The van der Waals surface area contributed by atoms with Gasteiger partial charge in [-0.05, 0) is 12.8 Å². The third-order valence-corrected chi connectivity index (χ3v) is 3.04. The predicted molar refractivity (Wildman–Crippen MR) is 73.6 cm³/mol. The zero-order valence-electron chi connectivity index (χ0n) is 10.6. The van der Waals surface area contributed by atoms with Crippen LogP contribution in [-0.4, -0.2) is 9.85 Å². The fourth-order valence-electron chi connectivity index (χ4n) is 2.07. The van der Waals surface area contributed by atoms with E-state index in [1.807, 2.05) is 0 Å². The van der Waals surface area contributed by atoms with Crippen LogP contribution in [0, 0.1) is 20.2 Å². The van der Waals surface area contributed by atoms with E-state index < -0.39 is 9.85 Å². The number of rotatable bonds is 5. The fraction of sp³-hybridized carbons (Fsp3) is 0.143. The zero-order chi connectivity index (χ0) is 14.5. The predicted octanol–water partition coefficient (Wildman–Crippen LogP) is 3.29. The molecule has 0 fully saturated rings. The highest BCUT2D eigenvalue weighted by Crippen LogP contribution is 2.23. The quantitative estimate of drug-likeness (QED) is 0.617. The monoisotopic (exact) mass is 272 g/mol. The van der Waals surface area contributed by atoms with Gasteiger partial charge in [0.05, 0.1) is 9.85 Å². The molecule has 0 bridgehead atoms. The lowest BCUT2D eigenvalue weighted by Crippen LogP contribution is -2.00. The fourth-order valence-corrected chi connectivity index (χ4v) is 2.07. The molecular formula is C14H12N2O4. The van der Waals surface area contributed by atoms with Gasteiger partial charge in [0.2, 0.25) is 0 Å². The van der Waals surface area contributed by atoms with E-state index in [-0.39, 0.29) is 11.4 Å². The molecule has 2 aromatic carbocycles. The average Bonchev–Trinajstić information content (AvgIpc) is 2.45. The molecule has 0 radical (unpaired) electrons. The third-order valence-electron chi connectivity index (χ3n) is 3.04. The highest BCUT2D eigenvalue weighted by atomic mass is 16.6. The van der Waals surface area contributed by atoms with Crippen molar-refractivity contribution in [3.8, 4) is 0 Å². The molecule has 0 spiro atoms. The lowest BCUT2D eigenvalue weighted by molar-refractivity contribution is -0.386. The van der Waals surface area contributed by atoms with E-state index in [1.165, 1.54) is 12.1 Å². The maximum atomic E-state index is 10.9. The first-order chi connectivity index (χ1) is 9.59. The molecular weight excluding hydrogens is 260 g/mol. The van der Waals surface area contributed by atoms with Crippen LogP contribution in [0.25, 0.3) is 0 Å². The summed E-state index contributed by atoms with van der Waals surface area (Å²) in [6, 6.07) is 12.9. The molecule has 0 amide bonds. The molecule has 2 rings (SSSR count). The summed E-state index contributed by atoms with van der Waals surface area (Å²) in [6.45, 7) is 0. The minimum Gasteiger partial charge on any atom is -0.258 e. The van der Waals surface area contributed by atoms with Crippen molar-refractivity contribution in [2.75, 3.05) is 0 Å². The first kappa shape index (κ1) is 13.7. The number of nitrogens with zero attached hydrogens (tertiary/aromatic N) is 2. The Morgan fingerprint density at radius 2 is 1.05 bits per heavy atom. The topological polar surface area (TPSA) is 86.3 Å². The molecule has 0 aromatic heterocycles. The second-order valence-electron chi connectivity index (χ2n) is 4.27. The van der Waals surface area contributed by atoms with Gasteiger partial charge in [0.1, 0.15) is 0 Å². The summed E-state index contributed by atoms with van der Waals surface area (Å²) >= 11 is 0. The van der Waals surface area contributed by atoms with Crippen LogP contribution in [0.5, 0.6) is 0 Å². The van der Waals surface area contributed by atoms with Gasteiger partial charge in [-0.2, -0.15) is 0 Å². The molecule has 0 N–H and O–H groups in total. The summed E-state index contributed by atoms with van der Waals surface area (Å²) in [5, 5.41) is 21.8. The number of benzene rings is 2. The maximum absolute atomic E-state index is 10.9. The van der Waals surface area contributed by atoms with E-state index in [4.69, 9.17) is 0 Å². The van der Waals surface area contributed by atoms with E-state index in [2.05, 4.69) is 0 Å². The largest absolute Gasteiger partial charge is 0.272 e. The number of nitro groups is 2. The normalized spacial score (nSPS) is 10.2. The minimum atomic E-state index is -0.436. The van der Waals surface area contributed by atoms with Crippen LogP contribution in [0.4, 0.5) is 11.4 Å². The third kappa shape index (κ3) is 2.97. The Morgan fingerprint density at radius 3 is 1.40 bits per heavy atom. The average molecular weight is 272 g/mol. The van der Waals surface area contributed by atoms with Gasteiger partial charge in [-0.1, -0.05) is 36.4 Å². The molecule has 2 aromatic rings. The Kier molecular flexibility index (Phi) is 4.05. The van der Waals surface area contributed by atoms with Gasteiger partial charge in [0.15, 0.2) is 0 Å². The molecule has 0 atom stereocenters. The summed E-state index contributed by atoms with van der Waals surface area (Å²) < 4.78 is 0. The summed E-state index contributed by atoms with van der Waals surface area (Å²) in [6.07, 6.45) is 0.782. The van der Waals surface area contributed by atoms with Gasteiger partial charge >= 0.3 is 0 Å². The van der Waals surface area contributed by atoms with Crippen molar-refractivity contribution in [2.24, 2.45) is 0 Å². The maximum Gasteiger partial charge on any atom is 0.272 e. The summed E-state index contributed by atoms with van der Waals surface area (Å²) in [5.74, 6) is 0. The number of para-hydroxylation sites is 2. The van der Waals surface area contributed by atoms with Crippen molar-refractivity contribution >= 4 is 11.4 Å². The van der Waals surface area contributed by atoms with Crippen molar-refractivity contribution in [1.29, 1.82) is 0 Å². The molecule has 0 aliphatic carbocycles. The van der Waals surface area contributed by atoms with E-state index in [1.54, 1.807) is 36.4 Å². The lowest BCUT2D eigenvalue weighted by Gasteiger charge is -2.04. The first-order valence-electron chi connectivity index (χ1n) is 6.04. The lowest BCUT2D eigenvalue weighted by atomic mass is 10.0. The minimum absolute atomic E-state index is 0.0473. The van der Waals surface area contributed by atoms with E-state index in [9.17, 15) is 20.2 Å². The summed E-state index contributed by atoms with van der Waals surface area (Å²) in [5.41, 5.74) is 1.25. The highest BCUT2D eigenvalue weighted by molar-refractivity contribution is 5.43. The Hall–Kier alpha value is -2.76. The second-order valence-corrected chi connectivity index (χ2v) is 4.27. The first-order valence-corrected chi connectivity index (χ1v) is 6.04. The Labute approximate surface area is 115 Å². The van der Waals surface area contributed by atoms with Crippen LogP contribution in [0.3, 0.4) is 0 Å².